The summed E-state index contributed by atoms with van der Waals surface area (Å²) < 4.78 is 0. The molecule has 0 aliphatic heterocycles. The zero-order valence-electron chi connectivity index (χ0n) is 11.6. The molecule has 0 aliphatic rings. The molecule has 0 atom stereocenters. The third-order valence-electron chi connectivity index (χ3n) is 2.91. The van der Waals surface area contributed by atoms with Crippen LogP contribution in [0, 0.1) is 11.3 Å². The number of phenolic OH excluding ortho intramolecular Hbond substituents is 1. The molecule has 0 saturated carbocycles. The first-order valence-electron chi connectivity index (χ1n) is 6.52. The number of nitriles is 1. The highest BCUT2D eigenvalue weighted by Crippen LogP contribution is 2.14. The Morgan fingerprint density at radius 2 is 2.00 bits per heavy atom. The molecule has 0 radical (unpaired) electrons. The fourth-order valence-electron chi connectivity index (χ4n) is 1.81. The van der Waals surface area contributed by atoms with E-state index in [1.54, 1.807) is 36.4 Å². The molecule has 2 rings (SSSR count). The summed E-state index contributed by atoms with van der Waals surface area (Å²) in [6.07, 6.45) is 1.43. The van der Waals surface area contributed by atoms with Crippen molar-refractivity contribution in [3.05, 3.63) is 70.3 Å². The topological polar surface area (TPSA) is 73.1 Å². The van der Waals surface area contributed by atoms with Crippen LogP contribution in [0.4, 0.5) is 0 Å². The van der Waals surface area contributed by atoms with Crippen LogP contribution in [-0.2, 0) is 11.3 Å². The van der Waals surface area contributed by atoms with Crippen LogP contribution in [0.2, 0.25) is 5.02 Å². The summed E-state index contributed by atoms with van der Waals surface area (Å²) in [7, 11) is 0. The van der Waals surface area contributed by atoms with E-state index < -0.39 is 5.91 Å². The lowest BCUT2D eigenvalue weighted by Gasteiger charge is -2.05. The van der Waals surface area contributed by atoms with Gasteiger partial charge in [-0.1, -0.05) is 35.9 Å². The molecule has 0 fully saturated rings. The van der Waals surface area contributed by atoms with Gasteiger partial charge in [-0.05, 0) is 41.5 Å². The lowest BCUT2D eigenvalue weighted by molar-refractivity contribution is -0.117. The average molecular weight is 313 g/mol. The van der Waals surface area contributed by atoms with Crippen molar-refractivity contribution >= 4 is 23.6 Å². The minimum Gasteiger partial charge on any atom is -0.508 e. The van der Waals surface area contributed by atoms with Gasteiger partial charge >= 0.3 is 0 Å². The molecule has 0 spiro atoms. The molecule has 0 bridgehead atoms. The van der Waals surface area contributed by atoms with E-state index in [9.17, 15) is 9.90 Å². The maximum atomic E-state index is 12.0. The van der Waals surface area contributed by atoms with Gasteiger partial charge in [0.05, 0.1) is 0 Å². The number of carbonyl (C=O) groups excluding carboxylic acids is 1. The molecule has 0 aromatic heterocycles. The summed E-state index contributed by atoms with van der Waals surface area (Å²) in [5, 5.41) is 21.8. The second-order valence-electron chi connectivity index (χ2n) is 4.57. The number of amides is 1. The van der Waals surface area contributed by atoms with Gasteiger partial charge in [0, 0.05) is 11.6 Å². The van der Waals surface area contributed by atoms with E-state index in [1.807, 2.05) is 6.07 Å². The number of phenols is 1. The van der Waals surface area contributed by atoms with Gasteiger partial charge in [0.2, 0.25) is 0 Å². The van der Waals surface area contributed by atoms with E-state index in [0.717, 1.165) is 5.56 Å². The van der Waals surface area contributed by atoms with Crippen molar-refractivity contribution in [2.24, 2.45) is 0 Å². The summed E-state index contributed by atoms with van der Waals surface area (Å²) >= 11 is 5.79. The molecule has 4 nitrogen and oxygen atoms in total. The molecule has 1 amide bonds. The third-order valence-corrected chi connectivity index (χ3v) is 3.16. The minimum atomic E-state index is -0.471. The molecule has 5 heteroatoms. The van der Waals surface area contributed by atoms with Crippen molar-refractivity contribution in [2.75, 3.05) is 0 Å². The van der Waals surface area contributed by atoms with Gasteiger partial charge in [0.25, 0.3) is 5.91 Å². The highest BCUT2D eigenvalue weighted by molar-refractivity contribution is 6.30. The highest BCUT2D eigenvalue weighted by atomic mass is 35.5. The SMILES string of the molecule is N#CC(=Cc1cccc(O)c1)C(=O)NCc1ccc(Cl)cc1. The number of aromatic hydroxyl groups is 1. The maximum Gasteiger partial charge on any atom is 0.262 e. The van der Waals surface area contributed by atoms with E-state index in [-0.39, 0.29) is 11.3 Å². The number of benzene rings is 2. The van der Waals surface area contributed by atoms with Crippen molar-refractivity contribution in [2.45, 2.75) is 6.54 Å². The van der Waals surface area contributed by atoms with Crippen LogP contribution in [-0.4, -0.2) is 11.0 Å². The first-order valence-corrected chi connectivity index (χ1v) is 6.90. The molecule has 2 aromatic rings. The molecule has 2 N–H and O–H groups in total. The van der Waals surface area contributed by atoms with Crippen LogP contribution in [0.15, 0.2) is 54.1 Å². The van der Waals surface area contributed by atoms with Crippen LogP contribution in [0.3, 0.4) is 0 Å². The van der Waals surface area contributed by atoms with Gasteiger partial charge in [0.15, 0.2) is 0 Å². The Kier molecular flexibility index (Phi) is 5.18. The van der Waals surface area contributed by atoms with Gasteiger partial charge in [-0.2, -0.15) is 5.26 Å². The normalized spacial score (nSPS) is 10.8. The Hall–Kier alpha value is -2.77. The third kappa shape index (κ3) is 4.37. The van der Waals surface area contributed by atoms with Crippen LogP contribution in [0.1, 0.15) is 11.1 Å². The largest absolute Gasteiger partial charge is 0.508 e. The second-order valence-corrected chi connectivity index (χ2v) is 5.01. The van der Waals surface area contributed by atoms with E-state index >= 15 is 0 Å². The van der Waals surface area contributed by atoms with Gasteiger partial charge in [0.1, 0.15) is 17.4 Å². The Morgan fingerprint density at radius 1 is 1.27 bits per heavy atom. The number of hydrogen-bond donors (Lipinski definition) is 2. The second kappa shape index (κ2) is 7.30. The standard InChI is InChI=1S/C17H13ClN2O2/c18-15-6-4-12(5-7-15)11-20-17(22)14(10-19)8-13-2-1-3-16(21)9-13/h1-9,21H,11H2,(H,20,22). The van der Waals surface area contributed by atoms with E-state index in [0.29, 0.717) is 17.1 Å². The molecule has 22 heavy (non-hydrogen) atoms. The van der Waals surface area contributed by atoms with E-state index in [2.05, 4.69) is 5.32 Å². The Balaban J connectivity index is 2.06. The summed E-state index contributed by atoms with van der Waals surface area (Å²) in [4.78, 5) is 12.0. The Morgan fingerprint density at radius 3 is 2.64 bits per heavy atom. The molecular formula is C17H13ClN2O2. The summed E-state index contributed by atoms with van der Waals surface area (Å²) in [5.74, 6) is -0.395. The number of rotatable bonds is 4. The zero-order valence-corrected chi connectivity index (χ0v) is 12.3. The lowest BCUT2D eigenvalue weighted by atomic mass is 10.1. The molecule has 0 aliphatic carbocycles. The summed E-state index contributed by atoms with van der Waals surface area (Å²) in [6, 6.07) is 15.3. The van der Waals surface area contributed by atoms with Crippen molar-refractivity contribution in [1.82, 2.24) is 5.32 Å². The van der Waals surface area contributed by atoms with Crippen molar-refractivity contribution in [3.8, 4) is 11.8 Å². The molecule has 0 heterocycles. The van der Waals surface area contributed by atoms with Crippen LogP contribution in [0.5, 0.6) is 5.75 Å². The number of halogens is 1. The number of nitrogens with zero attached hydrogens (tertiary/aromatic N) is 1. The fraction of sp³-hybridized carbons (Fsp3) is 0.0588. The lowest BCUT2D eigenvalue weighted by Crippen LogP contribution is -2.23. The predicted molar refractivity (Wildman–Crippen MR) is 85.0 cm³/mol. The summed E-state index contributed by atoms with van der Waals surface area (Å²) in [6.45, 7) is 0.301. The first kappa shape index (κ1) is 15.6. The smallest absolute Gasteiger partial charge is 0.262 e. The number of nitrogens with one attached hydrogen (secondary N) is 1. The Labute approximate surface area is 133 Å². The van der Waals surface area contributed by atoms with Crippen LogP contribution in [0.25, 0.3) is 6.08 Å². The molecular weight excluding hydrogens is 300 g/mol. The van der Waals surface area contributed by atoms with Crippen molar-refractivity contribution in [3.63, 3.8) is 0 Å². The quantitative estimate of drug-likeness (QED) is 0.672. The average Bonchev–Trinajstić information content (AvgIpc) is 2.52. The monoisotopic (exact) mass is 312 g/mol. The number of carbonyl (C=O) groups is 1. The Bertz CT molecular complexity index is 746. The number of hydrogen-bond acceptors (Lipinski definition) is 3. The molecule has 0 saturated heterocycles. The van der Waals surface area contributed by atoms with E-state index in [1.165, 1.54) is 18.2 Å². The predicted octanol–water partition coefficient (Wildman–Crippen LogP) is 3.27. The summed E-state index contributed by atoms with van der Waals surface area (Å²) in [5.41, 5.74) is 1.44. The highest BCUT2D eigenvalue weighted by Gasteiger charge is 2.08. The zero-order chi connectivity index (χ0) is 15.9. The van der Waals surface area contributed by atoms with Gasteiger partial charge in [-0.3, -0.25) is 4.79 Å². The van der Waals surface area contributed by atoms with Crippen LogP contribution >= 0.6 is 11.6 Å². The fourth-order valence-corrected chi connectivity index (χ4v) is 1.94. The van der Waals surface area contributed by atoms with Gasteiger partial charge in [-0.25, -0.2) is 0 Å². The van der Waals surface area contributed by atoms with Crippen molar-refractivity contribution in [1.29, 1.82) is 5.26 Å². The van der Waals surface area contributed by atoms with Crippen LogP contribution < -0.4 is 5.32 Å². The van der Waals surface area contributed by atoms with E-state index in [4.69, 9.17) is 16.9 Å². The first-order chi connectivity index (χ1) is 10.6. The maximum absolute atomic E-state index is 12.0. The molecule has 0 unspecified atom stereocenters. The minimum absolute atomic E-state index is 0.0282. The molecule has 110 valence electrons. The molecule has 2 aromatic carbocycles. The van der Waals surface area contributed by atoms with Gasteiger partial charge < -0.3 is 10.4 Å². The van der Waals surface area contributed by atoms with Gasteiger partial charge in [-0.15, -0.1) is 0 Å². The van der Waals surface area contributed by atoms with Crippen molar-refractivity contribution < 1.29 is 9.90 Å².